The van der Waals surface area contributed by atoms with E-state index in [0.29, 0.717) is 11.2 Å². The molecule has 2 fully saturated rings. The second-order valence-corrected chi connectivity index (χ2v) is 4.69. The first kappa shape index (κ1) is 6.88. The number of carbonyl (C=O) groups excluding carboxylic acids is 1. The molecule has 0 radical (unpaired) electrons. The van der Waals surface area contributed by atoms with Crippen LogP contribution in [0.1, 0.15) is 38.5 Å². The molecule has 1 nitrogen and oxygen atoms in total. The molecule has 2 atom stereocenters. The standard InChI is InChI=1S/C11H14O/c12-9-3-1-4-10-5-2-6-11(9,10)8-7-10/h1,3H,2,4-8H2/t10-,11+/m1/s1. The molecule has 1 heteroatoms. The third kappa shape index (κ3) is 0.502. The maximum Gasteiger partial charge on any atom is 0.162 e. The predicted octanol–water partition coefficient (Wildman–Crippen LogP) is 2.47. The topological polar surface area (TPSA) is 17.1 Å². The fourth-order valence-corrected chi connectivity index (χ4v) is 3.72. The van der Waals surface area contributed by atoms with Crippen LogP contribution in [0.5, 0.6) is 0 Å². The third-order valence-electron chi connectivity index (χ3n) is 4.55. The van der Waals surface area contributed by atoms with Gasteiger partial charge in [-0.15, -0.1) is 0 Å². The van der Waals surface area contributed by atoms with Gasteiger partial charge in [-0.1, -0.05) is 12.5 Å². The molecule has 0 bridgehead atoms. The maximum absolute atomic E-state index is 11.8. The Morgan fingerprint density at radius 2 is 2.08 bits per heavy atom. The summed E-state index contributed by atoms with van der Waals surface area (Å²) in [6, 6.07) is 0. The second-order valence-electron chi connectivity index (χ2n) is 4.69. The third-order valence-corrected chi connectivity index (χ3v) is 4.55. The molecule has 0 saturated heterocycles. The van der Waals surface area contributed by atoms with Crippen molar-refractivity contribution in [1.29, 1.82) is 0 Å². The Morgan fingerprint density at radius 3 is 2.75 bits per heavy atom. The number of ketones is 1. The van der Waals surface area contributed by atoms with E-state index in [2.05, 4.69) is 6.08 Å². The van der Waals surface area contributed by atoms with Gasteiger partial charge in [0.05, 0.1) is 0 Å². The molecule has 3 rings (SSSR count). The van der Waals surface area contributed by atoms with Crippen molar-refractivity contribution in [3.05, 3.63) is 12.2 Å². The summed E-state index contributed by atoms with van der Waals surface area (Å²) in [5, 5.41) is 0. The van der Waals surface area contributed by atoms with E-state index in [-0.39, 0.29) is 5.41 Å². The number of hydrogen-bond acceptors (Lipinski definition) is 1. The lowest BCUT2D eigenvalue weighted by molar-refractivity contribution is -0.144. The summed E-state index contributed by atoms with van der Waals surface area (Å²) in [7, 11) is 0. The number of carbonyl (C=O) groups is 1. The van der Waals surface area contributed by atoms with Crippen molar-refractivity contribution in [3.63, 3.8) is 0 Å². The Labute approximate surface area is 72.8 Å². The van der Waals surface area contributed by atoms with Crippen LogP contribution in [-0.2, 0) is 4.79 Å². The van der Waals surface area contributed by atoms with Crippen LogP contribution in [-0.4, -0.2) is 5.78 Å². The maximum atomic E-state index is 11.8. The summed E-state index contributed by atoms with van der Waals surface area (Å²) in [5.74, 6) is 0.442. The minimum atomic E-state index is 0.141. The van der Waals surface area contributed by atoms with Crippen molar-refractivity contribution in [2.75, 3.05) is 0 Å². The molecule has 0 spiro atoms. The predicted molar refractivity (Wildman–Crippen MR) is 46.7 cm³/mol. The first-order valence-corrected chi connectivity index (χ1v) is 5.00. The summed E-state index contributed by atoms with van der Waals surface area (Å²) in [4.78, 5) is 11.8. The number of hydrogen-bond donors (Lipinski definition) is 0. The van der Waals surface area contributed by atoms with Crippen LogP contribution < -0.4 is 0 Å². The van der Waals surface area contributed by atoms with Gasteiger partial charge in [0.25, 0.3) is 0 Å². The average Bonchev–Trinajstić information content (AvgIpc) is 2.31. The summed E-state index contributed by atoms with van der Waals surface area (Å²) in [5.41, 5.74) is 0.584. The quantitative estimate of drug-likeness (QED) is 0.534. The van der Waals surface area contributed by atoms with Crippen LogP contribution in [0.25, 0.3) is 0 Å². The SMILES string of the molecule is O=C1C=CC[C@]23CCC[C@]12CC3. The minimum absolute atomic E-state index is 0.141. The molecule has 0 aromatic carbocycles. The smallest absolute Gasteiger partial charge is 0.162 e. The Bertz CT molecular complexity index is 279. The molecule has 3 aliphatic rings. The highest BCUT2D eigenvalue weighted by Gasteiger charge is 2.64. The highest BCUT2D eigenvalue weighted by Crippen LogP contribution is 2.70. The van der Waals surface area contributed by atoms with Crippen LogP contribution in [0.3, 0.4) is 0 Å². The molecular formula is C11H14O. The van der Waals surface area contributed by atoms with Crippen molar-refractivity contribution in [2.24, 2.45) is 10.8 Å². The van der Waals surface area contributed by atoms with E-state index in [1.165, 1.54) is 38.5 Å². The van der Waals surface area contributed by atoms with E-state index in [0.717, 1.165) is 0 Å². The molecule has 12 heavy (non-hydrogen) atoms. The van der Waals surface area contributed by atoms with Crippen LogP contribution in [0.15, 0.2) is 12.2 Å². The summed E-state index contributed by atoms with van der Waals surface area (Å²) in [6.45, 7) is 0. The zero-order valence-corrected chi connectivity index (χ0v) is 7.31. The largest absolute Gasteiger partial charge is 0.294 e. The van der Waals surface area contributed by atoms with Crippen molar-refractivity contribution in [3.8, 4) is 0 Å². The van der Waals surface area contributed by atoms with Gasteiger partial charge in [0.2, 0.25) is 0 Å². The van der Waals surface area contributed by atoms with Gasteiger partial charge < -0.3 is 0 Å². The van der Waals surface area contributed by atoms with E-state index in [1.807, 2.05) is 6.08 Å². The molecule has 0 N–H and O–H groups in total. The van der Waals surface area contributed by atoms with E-state index in [1.54, 1.807) is 0 Å². The van der Waals surface area contributed by atoms with Gasteiger partial charge in [-0.2, -0.15) is 0 Å². The molecule has 0 aromatic rings. The molecule has 0 heterocycles. The number of rotatable bonds is 0. The molecule has 0 aromatic heterocycles. The molecule has 2 saturated carbocycles. The lowest BCUT2D eigenvalue weighted by Gasteiger charge is -2.56. The first-order chi connectivity index (χ1) is 5.79. The van der Waals surface area contributed by atoms with Gasteiger partial charge in [-0.05, 0) is 43.6 Å². The zero-order valence-electron chi connectivity index (χ0n) is 7.31. The molecule has 0 unspecified atom stereocenters. The second kappa shape index (κ2) is 1.84. The normalized spacial score (nSPS) is 49.8. The molecule has 3 aliphatic carbocycles. The summed E-state index contributed by atoms with van der Waals surface area (Å²) in [6.07, 6.45) is 11.4. The fourth-order valence-electron chi connectivity index (χ4n) is 3.72. The lowest BCUT2D eigenvalue weighted by atomic mass is 9.47. The summed E-state index contributed by atoms with van der Waals surface area (Å²) >= 11 is 0. The van der Waals surface area contributed by atoms with Gasteiger partial charge in [0.15, 0.2) is 5.78 Å². The van der Waals surface area contributed by atoms with E-state index in [4.69, 9.17) is 0 Å². The number of allylic oxidation sites excluding steroid dienone is 2. The van der Waals surface area contributed by atoms with Crippen molar-refractivity contribution in [2.45, 2.75) is 38.5 Å². The molecule has 0 amide bonds. The van der Waals surface area contributed by atoms with Crippen LogP contribution in [0.2, 0.25) is 0 Å². The highest BCUT2D eigenvalue weighted by atomic mass is 16.1. The summed E-state index contributed by atoms with van der Waals surface area (Å²) < 4.78 is 0. The molecular weight excluding hydrogens is 148 g/mol. The molecule has 0 aliphatic heterocycles. The Balaban J connectivity index is 2.12. The van der Waals surface area contributed by atoms with E-state index in [9.17, 15) is 4.79 Å². The van der Waals surface area contributed by atoms with Gasteiger partial charge in [0, 0.05) is 5.41 Å². The monoisotopic (exact) mass is 162 g/mol. The van der Waals surface area contributed by atoms with Gasteiger partial charge in [-0.3, -0.25) is 4.79 Å². The van der Waals surface area contributed by atoms with Crippen LogP contribution in [0, 0.1) is 10.8 Å². The van der Waals surface area contributed by atoms with E-state index >= 15 is 0 Å². The zero-order chi connectivity index (χ0) is 8.23. The lowest BCUT2D eigenvalue weighted by Crippen LogP contribution is -2.53. The van der Waals surface area contributed by atoms with Gasteiger partial charge in [0.1, 0.15) is 0 Å². The Hall–Kier alpha value is -0.590. The van der Waals surface area contributed by atoms with Crippen molar-refractivity contribution in [1.82, 2.24) is 0 Å². The Morgan fingerprint density at radius 1 is 1.17 bits per heavy atom. The minimum Gasteiger partial charge on any atom is -0.294 e. The molecule has 64 valence electrons. The average molecular weight is 162 g/mol. The highest BCUT2D eigenvalue weighted by molar-refractivity contribution is 5.97. The first-order valence-electron chi connectivity index (χ1n) is 5.00. The Kier molecular flexibility index (Phi) is 1.05. The van der Waals surface area contributed by atoms with Crippen molar-refractivity contribution < 1.29 is 4.79 Å². The van der Waals surface area contributed by atoms with Gasteiger partial charge in [-0.25, -0.2) is 0 Å². The fraction of sp³-hybridized carbons (Fsp3) is 0.727. The van der Waals surface area contributed by atoms with Crippen LogP contribution in [0.4, 0.5) is 0 Å². The van der Waals surface area contributed by atoms with Crippen LogP contribution >= 0.6 is 0 Å². The van der Waals surface area contributed by atoms with Crippen molar-refractivity contribution >= 4 is 5.78 Å². The van der Waals surface area contributed by atoms with E-state index < -0.39 is 0 Å². The van der Waals surface area contributed by atoms with Gasteiger partial charge >= 0.3 is 0 Å².